The maximum Gasteiger partial charge on any atom is 0.322 e. The summed E-state index contributed by atoms with van der Waals surface area (Å²) in [6.07, 6.45) is 5.85. The Hall–Kier alpha value is -2.56. The molecule has 3 aromatic rings. The van der Waals surface area contributed by atoms with Crippen LogP contribution < -0.4 is 0 Å². The molecule has 0 amide bonds. The van der Waals surface area contributed by atoms with Gasteiger partial charge in [0.15, 0.2) is 0 Å². The summed E-state index contributed by atoms with van der Waals surface area (Å²) in [6, 6.07) is 8.92. The molecule has 3 rings (SSSR count). The van der Waals surface area contributed by atoms with Crippen molar-refractivity contribution in [2.75, 3.05) is 6.54 Å². The number of carbonyl (C=O) groups is 1. The van der Waals surface area contributed by atoms with Crippen LogP contribution in [0.4, 0.5) is 0 Å². The molecule has 196 valence electrons. The molecular weight excluding hydrogens is 498 g/mol. The van der Waals surface area contributed by atoms with Crippen LogP contribution in [0.3, 0.4) is 0 Å². The number of carboxylic acids is 1. The van der Waals surface area contributed by atoms with E-state index in [4.69, 9.17) is 4.52 Å². The Morgan fingerprint density at radius 2 is 1.72 bits per heavy atom. The van der Waals surface area contributed by atoms with Crippen LogP contribution in [0, 0.1) is 12.8 Å². The number of unbranched alkanes of at least 4 members (excludes halogenated alkanes) is 5. The maximum absolute atomic E-state index is 13.6. The zero-order valence-corrected chi connectivity index (χ0v) is 22.9. The number of aliphatic carboxylic acids is 1. The highest BCUT2D eigenvalue weighted by Crippen LogP contribution is 2.29. The summed E-state index contributed by atoms with van der Waals surface area (Å²) in [5.74, 6) is -0.756. The fourth-order valence-corrected chi connectivity index (χ4v) is 6.64. The van der Waals surface area contributed by atoms with Gasteiger partial charge in [-0.2, -0.15) is 9.29 Å². The standard InChI is InChI=1S/C26H35N3O5S2/c1-5-6-7-8-9-10-17-29(23(18(2)3)26(30)31)36(32,33)21-14-12-20(13-15-21)25-27-24(28-34-25)22-16-11-19(4)35-22/h11-16,18,23H,5-10,17H2,1-4H3,(H,30,31)/t23-/m1/s1. The first-order valence-corrected chi connectivity index (χ1v) is 14.7. The third-order valence-corrected chi connectivity index (χ3v) is 8.91. The molecule has 10 heteroatoms. The smallest absolute Gasteiger partial charge is 0.322 e. The minimum atomic E-state index is -4.03. The number of hydrogen-bond donors (Lipinski definition) is 1. The largest absolute Gasteiger partial charge is 0.480 e. The van der Waals surface area contributed by atoms with Crippen molar-refractivity contribution in [2.24, 2.45) is 5.92 Å². The molecule has 1 N–H and O–H groups in total. The van der Waals surface area contributed by atoms with Gasteiger partial charge in [-0.15, -0.1) is 11.3 Å². The van der Waals surface area contributed by atoms with E-state index in [1.54, 1.807) is 37.3 Å². The number of nitrogens with zero attached hydrogens (tertiary/aromatic N) is 3. The number of rotatable bonds is 14. The second-order valence-corrected chi connectivity index (χ2v) is 12.4. The molecule has 36 heavy (non-hydrogen) atoms. The van der Waals surface area contributed by atoms with E-state index in [2.05, 4.69) is 17.1 Å². The SMILES string of the molecule is CCCCCCCCN([C@@H](C(=O)O)C(C)C)S(=O)(=O)c1ccc(-c2nc(-c3ccc(C)s3)no2)cc1. The van der Waals surface area contributed by atoms with Crippen molar-refractivity contribution in [3.63, 3.8) is 0 Å². The molecule has 0 saturated heterocycles. The molecule has 2 aromatic heterocycles. The summed E-state index contributed by atoms with van der Waals surface area (Å²) < 4.78 is 33.7. The zero-order valence-electron chi connectivity index (χ0n) is 21.3. The van der Waals surface area contributed by atoms with Gasteiger partial charge in [-0.1, -0.05) is 58.0 Å². The average Bonchev–Trinajstić information content (AvgIpc) is 3.49. The summed E-state index contributed by atoms with van der Waals surface area (Å²) >= 11 is 1.56. The van der Waals surface area contributed by atoms with E-state index in [0.29, 0.717) is 17.8 Å². The minimum absolute atomic E-state index is 0.0396. The highest BCUT2D eigenvalue weighted by atomic mass is 32.2. The van der Waals surface area contributed by atoms with E-state index in [1.165, 1.54) is 12.1 Å². The fraction of sp³-hybridized carbons (Fsp3) is 0.500. The summed E-state index contributed by atoms with van der Waals surface area (Å²) in [5, 5.41) is 13.9. The Bertz CT molecular complexity index is 1230. The molecule has 0 unspecified atom stereocenters. The second kappa shape index (κ2) is 12.6. The van der Waals surface area contributed by atoms with Gasteiger partial charge in [0.1, 0.15) is 6.04 Å². The molecular formula is C26H35N3O5S2. The molecule has 0 aliphatic carbocycles. The average molecular weight is 534 g/mol. The van der Waals surface area contributed by atoms with Crippen molar-refractivity contribution in [3.05, 3.63) is 41.3 Å². The predicted molar refractivity (Wildman–Crippen MR) is 141 cm³/mol. The molecule has 8 nitrogen and oxygen atoms in total. The van der Waals surface area contributed by atoms with E-state index in [1.807, 2.05) is 19.1 Å². The third-order valence-electron chi connectivity index (χ3n) is 6.02. The number of carboxylic acid groups (broad SMARTS) is 1. The molecule has 0 fully saturated rings. The van der Waals surface area contributed by atoms with E-state index in [0.717, 1.165) is 46.2 Å². The molecule has 1 atom stereocenters. The van der Waals surface area contributed by atoms with Crippen molar-refractivity contribution >= 4 is 27.3 Å². The van der Waals surface area contributed by atoms with Gasteiger partial charge in [-0.25, -0.2) is 8.42 Å². The van der Waals surface area contributed by atoms with Crippen LogP contribution in [0.2, 0.25) is 0 Å². The number of hydrogen-bond acceptors (Lipinski definition) is 7. The Balaban J connectivity index is 1.81. The van der Waals surface area contributed by atoms with E-state index >= 15 is 0 Å². The van der Waals surface area contributed by atoms with Gasteiger partial charge in [0.05, 0.1) is 9.77 Å². The highest BCUT2D eigenvalue weighted by Gasteiger charge is 2.37. The minimum Gasteiger partial charge on any atom is -0.480 e. The van der Waals surface area contributed by atoms with Crippen LogP contribution in [-0.4, -0.2) is 46.5 Å². The van der Waals surface area contributed by atoms with E-state index in [-0.39, 0.29) is 23.2 Å². The molecule has 0 spiro atoms. The first kappa shape index (κ1) is 28.0. The maximum atomic E-state index is 13.6. The second-order valence-electron chi connectivity index (χ2n) is 9.27. The quantitative estimate of drug-likeness (QED) is 0.244. The predicted octanol–water partition coefficient (Wildman–Crippen LogP) is 6.23. The Kier molecular flexibility index (Phi) is 9.81. The molecule has 0 aliphatic rings. The number of aromatic nitrogens is 2. The van der Waals surface area contributed by atoms with Gasteiger partial charge in [0.2, 0.25) is 15.8 Å². The van der Waals surface area contributed by atoms with Crippen molar-refractivity contribution < 1.29 is 22.8 Å². The molecule has 2 heterocycles. The zero-order chi connectivity index (χ0) is 26.3. The molecule has 0 radical (unpaired) electrons. The lowest BCUT2D eigenvalue weighted by atomic mass is 10.0. The van der Waals surface area contributed by atoms with Gasteiger partial charge in [0.25, 0.3) is 5.89 Å². The lowest BCUT2D eigenvalue weighted by molar-refractivity contribution is -0.143. The van der Waals surface area contributed by atoms with Crippen LogP contribution >= 0.6 is 11.3 Å². The molecule has 0 saturated carbocycles. The van der Waals surface area contributed by atoms with Gasteiger partial charge >= 0.3 is 5.97 Å². The lowest BCUT2D eigenvalue weighted by Crippen LogP contribution is -2.48. The third kappa shape index (κ3) is 6.80. The lowest BCUT2D eigenvalue weighted by Gasteiger charge is -2.30. The topological polar surface area (TPSA) is 114 Å². The monoisotopic (exact) mass is 533 g/mol. The summed E-state index contributed by atoms with van der Waals surface area (Å²) in [7, 11) is -4.03. The van der Waals surface area contributed by atoms with Gasteiger partial charge in [-0.3, -0.25) is 4.79 Å². The Morgan fingerprint density at radius 1 is 1.06 bits per heavy atom. The van der Waals surface area contributed by atoms with Crippen molar-refractivity contribution in [1.82, 2.24) is 14.4 Å². The van der Waals surface area contributed by atoms with Crippen LogP contribution in [0.15, 0.2) is 45.8 Å². The number of thiophene rings is 1. The number of sulfonamides is 1. The summed E-state index contributed by atoms with van der Waals surface area (Å²) in [6.45, 7) is 7.76. The van der Waals surface area contributed by atoms with Crippen LogP contribution in [0.25, 0.3) is 22.2 Å². The van der Waals surface area contributed by atoms with Gasteiger partial charge in [0, 0.05) is 17.0 Å². The number of benzene rings is 1. The Morgan fingerprint density at radius 3 is 2.31 bits per heavy atom. The van der Waals surface area contributed by atoms with Crippen LogP contribution in [0.1, 0.15) is 64.2 Å². The van der Waals surface area contributed by atoms with Crippen molar-refractivity contribution in [2.45, 2.75) is 77.2 Å². The molecule has 1 aromatic carbocycles. The molecule has 0 bridgehead atoms. The summed E-state index contributed by atoms with van der Waals surface area (Å²) in [4.78, 5) is 18.6. The van der Waals surface area contributed by atoms with E-state index < -0.39 is 22.0 Å². The van der Waals surface area contributed by atoms with Gasteiger partial charge < -0.3 is 9.63 Å². The van der Waals surface area contributed by atoms with Crippen LogP contribution in [-0.2, 0) is 14.8 Å². The highest BCUT2D eigenvalue weighted by molar-refractivity contribution is 7.89. The first-order valence-electron chi connectivity index (χ1n) is 12.4. The molecule has 0 aliphatic heterocycles. The van der Waals surface area contributed by atoms with Gasteiger partial charge in [-0.05, 0) is 55.7 Å². The van der Waals surface area contributed by atoms with E-state index in [9.17, 15) is 18.3 Å². The van der Waals surface area contributed by atoms with Crippen molar-refractivity contribution in [3.8, 4) is 22.2 Å². The first-order chi connectivity index (χ1) is 17.1. The normalized spacial score (nSPS) is 12.9. The fourth-order valence-electron chi connectivity index (χ4n) is 4.10. The van der Waals surface area contributed by atoms with Crippen LogP contribution in [0.5, 0.6) is 0 Å². The van der Waals surface area contributed by atoms with Crippen molar-refractivity contribution in [1.29, 1.82) is 0 Å². The number of aryl methyl sites for hydroxylation is 1. The Labute approximate surface area is 217 Å². The summed E-state index contributed by atoms with van der Waals surface area (Å²) in [5.41, 5.74) is 0.585.